The Morgan fingerprint density at radius 3 is 1.42 bits per heavy atom. The number of hydrogen-bond donors (Lipinski definition) is 0. The molecule has 1 heteroatoms. The predicted molar refractivity (Wildman–Crippen MR) is 193 cm³/mol. The minimum atomic E-state index is 1.03. The zero-order chi connectivity index (χ0) is 30.5. The third kappa shape index (κ3) is 4.51. The Bertz CT molecular complexity index is 2320. The maximum atomic E-state index is 4.56. The van der Waals surface area contributed by atoms with E-state index in [1.807, 2.05) is 13.1 Å². The lowest BCUT2D eigenvalue weighted by Gasteiger charge is -2.20. The number of pyridine rings is 1. The van der Waals surface area contributed by atoms with Crippen LogP contribution in [0.2, 0.25) is 0 Å². The van der Waals surface area contributed by atoms with Crippen LogP contribution in [0, 0.1) is 20.8 Å². The number of benzene rings is 7. The lowest BCUT2D eigenvalue weighted by Crippen LogP contribution is -1.93. The monoisotopic (exact) mass is 575 g/mol. The van der Waals surface area contributed by atoms with Crippen molar-refractivity contribution in [2.75, 3.05) is 0 Å². The normalized spacial score (nSPS) is 11.4. The van der Waals surface area contributed by atoms with Gasteiger partial charge in [-0.05, 0) is 115 Å². The Morgan fingerprint density at radius 1 is 0.356 bits per heavy atom. The molecule has 0 saturated heterocycles. The summed E-state index contributed by atoms with van der Waals surface area (Å²) in [4.78, 5) is 4.56. The van der Waals surface area contributed by atoms with Crippen molar-refractivity contribution in [2.24, 2.45) is 0 Å². The average Bonchev–Trinajstić information content (AvgIpc) is 3.07. The van der Waals surface area contributed by atoms with Crippen LogP contribution in [0.4, 0.5) is 0 Å². The highest BCUT2D eigenvalue weighted by molar-refractivity contribution is 6.24. The molecule has 0 aliphatic heterocycles. The molecule has 8 aromatic rings. The number of fused-ring (bicyclic) bond motifs is 3. The Hall–Kier alpha value is -5.53. The minimum absolute atomic E-state index is 1.03. The summed E-state index contributed by atoms with van der Waals surface area (Å²) in [5.41, 5.74) is 13.6. The molecule has 0 spiro atoms. The molecule has 1 nitrogen and oxygen atoms in total. The van der Waals surface area contributed by atoms with Gasteiger partial charge in [0.2, 0.25) is 0 Å². The van der Waals surface area contributed by atoms with Crippen LogP contribution in [0.25, 0.3) is 76.8 Å². The molecule has 0 bridgehead atoms. The Labute approximate surface area is 264 Å². The van der Waals surface area contributed by atoms with E-state index < -0.39 is 0 Å². The molecule has 0 aliphatic rings. The van der Waals surface area contributed by atoms with E-state index >= 15 is 0 Å². The molecule has 45 heavy (non-hydrogen) atoms. The summed E-state index contributed by atoms with van der Waals surface area (Å²) < 4.78 is 0. The molecule has 0 N–H and O–H groups in total. The molecule has 0 atom stereocenters. The van der Waals surface area contributed by atoms with Crippen LogP contribution in [0.3, 0.4) is 0 Å². The first-order valence-corrected chi connectivity index (χ1v) is 15.6. The molecule has 1 aromatic heterocycles. The van der Waals surface area contributed by atoms with Crippen molar-refractivity contribution >= 4 is 32.3 Å². The van der Waals surface area contributed by atoms with E-state index in [2.05, 4.69) is 158 Å². The zero-order valence-corrected chi connectivity index (χ0v) is 25.8. The van der Waals surface area contributed by atoms with E-state index in [4.69, 9.17) is 0 Å². The second-order valence-electron chi connectivity index (χ2n) is 12.1. The van der Waals surface area contributed by atoms with Gasteiger partial charge in [-0.1, -0.05) is 127 Å². The van der Waals surface area contributed by atoms with E-state index in [0.29, 0.717) is 0 Å². The number of aryl methyl sites for hydroxylation is 3. The number of rotatable bonds is 4. The third-order valence-electron chi connectivity index (χ3n) is 9.27. The van der Waals surface area contributed by atoms with Crippen molar-refractivity contribution in [3.63, 3.8) is 0 Å². The van der Waals surface area contributed by atoms with Crippen LogP contribution in [-0.2, 0) is 0 Å². The lowest BCUT2D eigenvalue weighted by molar-refractivity contribution is 1.20. The lowest BCUT2D eigenvalue weighted by atomic mass is 9.83. The zero-order valence-electron chi connectivity index (χ0n) is 25.8. The van der Waals surface area contributed by atoms with Crippen molar-refractivity contribution < 1.29 is 0 Å². The van der Waals surface area contributed by atoms with E-state index in [0.717, 1.165) is 11.3 Å². The summed E-state index contributed by atoms with van der Waals surface area (Å²) in [6.45, 7) is 6.46. The minimum Gasteiger partial charge on any atom is -0.261 e. The van der Waals surface area contributed by atoms with Gasteiger partial charge in [0.15, 0.2) is 0 Å². The molecule has 214 valence electrons. The van der Waals surface area contributed by atoms with Gasteiger partial charge in [0, 0.05) is 17.5 Å². The fourth-order valence-corrected chi connectivity index (χ4v) is 7.21. The van der Waals surface area contributed by atoms with Gasteiger partial charge in [-0.15, -0.1) is 0 Å². The van der Waals surface area contributed by atoms with Crippen molar-refractivity contribution in [3.05, 3.63) is 163 Å². The van der Waals surface area contributed by atoms with Gasteiger partial charge in [0.05, 0.1) is 0 Å². The summed E-state index contributed by atoms with van der Waals surface area (Å²) in [6.07, 6.45) is 1.97. The van der Waals surface area contributed by atoms with E-state index in [9.17, 15) is 0 Å². The summed E-state index contributed by atoms with van der Waals surface area (Å²) >= 11 is 0. The molecular weight excluding hydrogens is 542 g/mol. The second-order valence-corrected chi connectivity index (χ2v) is 12.1. The standard InChI is InChI=1S/C44H33N/c1-28-12-8-13-29(2)42(28)36-22-10-21-35-34(36)20-11-23-37(35)44-40-18-6-4-16-38(40)43(39-17-5-7-19-41(39)44)32-15-9-14-31(26-32)33-25-24-30(3)45-27-33/h4-27H,1-3H3. The topological polar surface area (TPSA) is 12.9 Å². The SMILES string of the molecule is Cc1ccc(-c2cccc(-c3c4ccccc4c(-c4cccc5c(-c6c(C)cccc6C)cccc45)c4ccccc34)c2)cn1. The molecule has 0 unspecified atom stereocenters. The first-order valence-electron chi connectivity index (χ1n) is 15.6. The van der Waals surface area contributed by atoms with Gasteiger partial charge in [-0.2, -0.15) is 0 Å². The molecule has 7 aromatic carbocycles. The van der Waals surface area contributed by atoms with Crippen molar-refractivity contribution in [2.45, 2.75) is 20.8 Å². The van der Waals surface area contributed by atoms with Crippen LogP contribution in [0.15, 0.2) is 146 Å². The molecule has 0 aliphatic carbocycles. The molecule has 0 amide bonds. The Balaban J connectivity index is 1.42. The average molecular weight is 576 g/mol. The van der Waals surface area contributed by atoms with Gasteiger partial charge in [-0.3, -0.25) is 4.98 Å². The van der Waals surface area contributed by atoms with E-state index in [1.165, 1.54) is 82.4 Å². The van der Waals surface area contributed by atoms with Crippen LogP contribution in [0.1, 0.15) is 16.8 Å². The number of aromatic nitrogens is 1. The molecule has 0 fully saturated rings. The van der Waals surface area contributed by atoms with Crippen molar-refractivity contribution in [1.29, 1.82) is 0 Å². The summed E-state index contributed by atoms with van der Waals surface area (Å²) in [7, 11) is 0. The van der Waals surface area contributed by atoms with Gasteiger partial charge in [0.25, 0.3) is 0 Å². The highest BCUT2D eigenvalue weighted by Gasteiger charge is 2.19. The third-order valence-corrected chi connectivity index (χ3v) is 9.27. The largest absolute Gasteiger partial charge is 0.261 e. The molecule has 0 radical (unpaired) electrons. The predicted octanol–water partition coefficient (Wildman–Crippen LogP) is 12.1. The number of nitrogens with zero attached hydrogens (tertiary/aromatic N) is 1. The molecular formula is C44H33N. The van der Waals surface area contributed by atoms with Gasteiger partial charge in [0.1, 0.15) is 0 Å². The highest BCUT2D eigenvalue weighted by atomic mass is 14.7. The molecule has 0 saturated carbocycles. The first-order chi connectivity index (χ1) is 22.1. The Kier molecular flexibility index (Phi) is 6.54. The van der Waals surface area contributed by atoms with Crippen LogP contribution < -0.4 is 0 Å². The van der Waals surface area contributed by atoms with Crippen molar-refractivity contribution in [1.82, 2.24) is 4.98 Å². The second kappa shape index (κ2) is 10.9. The molecule has 1 heterocycles. The smallest absolute Gasteiger partial charge is 0.0373 e. The quantitative estimate of drug-likeness (QED) is 0.190. The number of hydrogen-bond acceptors (Lipinski definition) is 1. The van der Waals surface area contributed by atoms with E-state index in [-0.39, 0.29) is 0 Å². The molecule has 8 rings (SSSR count). The van der Waals surface area contributed by atoms with Crippen LogP contribution >= 0.6 is 0 Å². The van der Waals surface area contributed by atoms with Crippen LogP contribution in [0.5, 0.6) is 0 Å². The van der Waals surface area contributed by atoms with Gasteiger partial charge >= 0.3 is 0 Å². The van der Waals surface area contributed by atoms with Crippen molar-refractivity contribution in [3.8, 4) is 44.5 Å². The first kappa shape index (κ1) is 27.0. The van der Waals surface area contributed by atoms with E-state index in [1.54, 1.807) is 0 Å². The fraction of sp³-hybridized carbons (Fsp3) is 0.0682. The van der Waals surface area contributed by atoms with Gasteiger partial charge in [-0.25, -0.2) is 0 Å². The maximum Gasteiger partial charge on any atom is 0.0373 e. The van der Waals surface area contributed by atoms with Gasteiger partial charge < -0.3 is 0 Å². The van der Waals surface area contributed by atoms with Crippen LogP contribution in [-0.4, -0.2) is 4.98 Å². The summed E-state index contributed by atoms with van der Waals surface area (Å²) in [6, 6.07) is 51.2. The fourth-order valence-electron chi connectivity index (χ4n) is 7.21. The Morgan fingerprint density at radius 2 is 0.844 bits per heavy atom. The maximum absolute atomic E-state index is 4.56. The summed E-state index contributed by atoms with van der Waals surface area (Å²) in [5.74, 6) is 0. The highest BCUT2D eigenvalue weighted by Crippen LogP contribution is 2.46. The summed E-state index contributed by atoms with van der Waals surface area (Å²) in [5, 5.41) is 7.59.